The summed E-state index contributed by atoms with van der Waals surface area (Å²) in [5.74, 6) is 0. The molecule has 0 aromatic heterocycles. The lowest BCUT2D eigenvalue weighted by Crippen LogP contribution is -2.08. The van der Waals surface area contributed by atoms with E-state index in [4.69, 9.17) is 0 Å². The van der Waals surface area contributed by atoms with E-state index in [-0.39, 0.29) is 0 Å². The van der Waals surface area contributed by atoms with Gasteiger partial charge in [-0.15, -0.1) is 10.2 Å². The van der Waals surface area contributed by atoms with Crippen LogP contribution in [0.4, 0.5) is 0 Å². The third kappa shape index (κ3) is 0.852. The first-order valence-electron chi connectivity index (χ1n) is 3.40. The summed E-state index contributed by atoms with van der Waals surface area (Å²) >= 11 is 0. The van der Waals surface area contributed by atoms with Gasteiger partial charge < -0.3 is 0 Å². The molecule has 0 aromatic rings. The SMILES string of the molecule is O=CC1=NN=C2C=CCC=C12. The van der Waals surface area contributed by atoms with Gasteiger partial charge in [-0.3, -0.25) is 4.79 Å². The highest BCUT2D eigenvalue weighted by atomic mass is 16.1. The van der Waals surface area contributed by atoms with Crippen molar-refractivity contribution in [1.29, 1.82) is 0 Å². The van der Waals surface area contributed by atoms with Gasteiger partial charge >= 0.3 is 0 Å². The molecule has 0 unspecified atom stereocenters. The van der Waals surface area contributed by atoms with E-state index in [1.807, 2.05) is 18.2 Å². The van der Waals surface area contributed by atoms with Gasteiger partial charge in [0.1, 0.15) is 5.71 Å². The van der Waals surface area contributed by atoms with Crippen LogP contribution in [0.1, 0.15) is 6.42 Å². The van der Waals surface area contributed by atoms with Gasteiger partial charge in [-0.25, -0.2) is 0 Å². The Labute approximate surface area is 63.8 Å². The van der Waals surface area contributed by atoms with Gasteiger partial charge in [0, 0.05) is 5.57 Å². The molecule has 1 heterocycles. The summed E-state index contributed by atoms with van der Waals surface area (Å²) in [6.07, 6.45) is 7.43. The first kappa shape index (κ1) is 6.22. The summed E-state index contributed by atoms with van der Waals surface area (Å²) in [7, 11) is 0. The van der Waals surface area contributed by atoms with Gasteiger partial charge in [0.2, 0.25) is 0 Å². The molecule has 0 bridgehead atoms. The van der Waals surface area contributed by atoms with Crippen molar-refractivity contribution >= 4 is 17.7 Å². The van der Waals surface area contributed by atoms with E-state index < -0.39 is 0 Å². The minimum absolute atomic E-state index is 0.448. The van der Waals surface area contributed by atoms with E-state index in [2.05, 4.69) is 10.2 Å². The Kier molecular flexibility index (Phi) is 1.28. The summed E-state index contributed by atoms with van der Waals surface area (Å²) in [6.45, 7) is 0. The van der Waals surface area contributed by atoms with Crippen molar-refractivity contribution in [2.45, 2.75) is 6.42 Å². The molecule has 0 saturated heterocycles. The Morgan fingerprint density at radius 1 is 1.45 bits per heavy atom. The largest absolute Gasteiger partial charge is 0.296 e. The highest BCUT2D eigenvalue weighted by Gasteiger charge is 2.17. The molecule has 11 heavy (non-hydrogen) atoms. The van der Waals surface area contributed by atoms with Gasteiger partial charge in [0.15, 0.2) is 6.29 Å². The Hall–Kier alpha value is -1.51. The second-order valence-electron chi connectivity index (χ2n) is 2.34. The fourth-order valence-electron chi connectivity index (χ4n) is 1.13. The van der Waals surface area contributed by atoms with Crippen LogP contribution in [0.2, 0.25) is 0 Å². The molecular formula is C8H6N2O. The smallest absolute Gasteiger partial charge is 0.171 e. The predicted octanol–water partition coefficient (Wildman–Crippen LogP) is 0.882. The van der Waals surface area contributed by atoms with Gasteiger partial charge in [-0.05, 0) is 12.5 Å². The highest BCUT2D eigenvalue weighted by Crippen LogP contribution is 2.15. The van der Waals surface area contributed by atoms with Crippen LogP contribution in [0.3, 0.4) is 0 Å². The van der Waals surface area contributed by atoms with Crippen LogP contribution in [0, 0.1) is 0 Å². The monoisotopic (exact) mass is 146 g/mol. The minimum Gasteiger partial charge on any atom is -0.296 e. The summed E-state index contributed by atoms with van der Waals surface area (Å²) < 4.78 is 0. The van der Waals surface area contributed by atoms with Crippen molar-refractivity contribution in [2.24, 2.45) is 10.2 Å². The molecular weight excluding hydrogens is 140 g/mol. The normalized spacial score (nSPS) is 20.2. The Morgan fingerprint density at radius 3 is 3.18 bits per heavy atom. The van der Waals surface area contributed by atoms with Crippen molar-refractivity contribution in [3.63, 3.8) is 0 Å². The molecule has 2 aliphatic rings. The molecule has 1 aliphatic heterocycles. The maximum Gasteiger partial charge on any atom is 0.171 e. The molecule has 0 radical (unpaired) electrons. The average Bonchev–Trinajstić information content (AvgIpc) is 2.47. The Bertz CT molecular complexity index is 307. The Balaban J connectivity index is 2.41. The summed E-state index contributed by atoms with van der Waals surface area (Å²) in [5.41, 5.74) is 2.13. The molecule has 1 aliphatic carbocycles. The molecule has 0 N–H and O–H groups in total. The molecule has 54 valence electrons. The maximum absolute atomic E-state index is 10.4. The fourth-order valence-corrected chi connectivity index (χ4v) is 1.13. The van der Waals surface area contributed by atoms with Gasteiger partial charge in [0.25, 0.3) is 0 Å². The van der Waals surface area contributed by atoms with Gasteiger partial charge in [-0.1, -0.05) is 12.2 Å². The quantitative estimate of drug-likeness (QED) is 0.506. The zero-order valence-corrected chi connectivity index (χ0v) is 5.82. The standard InChI is InChI=1S/C8H6N2O/c11-5-8-6-3-1-2-4-7(6)9-10-8/h2-5H,1H2. The third-order valence-electron chi connectivity index (χ3n) is 1.66. The van der Waals surface area contributed by atoms with Gasteiger partial charge in [0.05, 0.1) is 5.71 Å². The van der Waals surface area contributed by atoms with Crippen LogP contribution >= 0.6 is 0 Å². The van der Waals surface area contributed by atoms with Crippen LogP contribution in [0.25, 0.3) is 0 Å². The lowest BCUT2D eigenvalue weighted by molar-refractivity contribution is -0.102. The average molecular weight is 146 g/mol. The number of nitrogens with zero attached hydrogens (tertiary/aromatic N) is 2. The number of fused-ring (bicyclic) bond motifs is 1. The van der Waals surface area contributed by atoms with Crippen molar-refractivity contribution < 1.29 is 4.79 Å². The van der Waals surface area contributed by atoms with E-state index in [1.165, 1.54) is 0 Å². The van der Waals surface area contributed by atoms with Crippen molar-refractivity contribution in [3.8, 4) is 0 Å². The number of allylic oxidation sites excluding steroid dienone is 4. The van der Waals surface area contributed by atoms with Crippen molar-refractivity contribution in [3.05, 3.63) is 23.8 Å². The topological polar surface area (TPSA) is 41.8 Å². The molecule has 0 aromatic carbocycles. The highest BCUT2D eigenvalue weighted by molar-refractivity contribution is 6.48. The molecule has 0 fully saturated rings. The van der Waals surface area contributed by atoms with E-state index in [1.54, 1.807) is 0 Å². The number of hydrogen-bond acceptors (Lipinski definition) is 3. The minimum atomic E-state index is 0.448. The first-order valence-corrected chi connectivity index (χ1v) is 3.40. The lowest BCUT2D eigenvalue weighted by Gasteiger charge is -2.00. The first-order chi connectivity index (χ1) is 5.42. The zero-order chi connectivity index (χ0) is 7.68. The van der Waals surface area contributed by atoms with E-state index in [0.29, 0.717) is 5.71 Å². The number of aldehydes is 1. The van der Waals surface area contributed by atoms with Crippen LogP contribution < -0.4 is 0 Å². The molecule has 0 amide bonds. The second kappa shape index (κ2) is 2.27. The predicted molar refractivity (Wildman–Crippen MR) is 42.8 cm³/mol. The van der Waals surface area contributed by atoms with E-state index >= 15 is 0 Å². The molecule has 3 heteroatoms. The fraction of sp³-hybridized carbons (Fsp3) is 0.125. The summed E-state index contributed by atoms with van der Waals surface area (Å²) in [4.78, 5) is 10.4. The number of rotatable bonds is 1. The molecule has 0 spiro atoms. The van der Waals surface area contributed by atoms with Crippen LogP contribution in [-0.2, 0) is 4.79 Å². The lowest BCUT2D eigenvalue weighted by atomic mass is 10.0. The summed E-state index contributed by atoms with van der Waals surface area (Å²) in [6, 6.07) is 0. The molecule has 2 rings (SSSR count). The third-order valence-corrected chi connectivity index (χ3v) is 1.66. The number of carbonyl (C=O) groups is 1. The van der Waals surface area contributed by atoms with Crippen LogP contribution in [-0.4, -0.2) is 17.7 Å². The zero-order valence-electron chi connectivity index (χ0n) is 5.82. The molecule has 3 nitrogen and oxygen atoms in total. The second-order valence-corrected chi connectivity index (χ2v) is 2.34. The molecule has 0 atom stereocenters. The van der Waals surface area contributed by atoms with Crippen LogP contribution in [0.5, 0.6) is 0 Å². The maximum atomic E-state index is 10.4. The molecule has 0 saturated carbocycles. The van der Waals surface area contributed by atoms with Gasteiger partial charge in [-0.2, -0.15) is 0 Å². The number of hydrogen-bond donors (Lipinski definition) is 0. The van der Waals surface area contributed by atoms with Crippen molar-refractivity contribution in [1.82, 2.24) is 0 Å². The van der Waals surface area contributed by atoms with Crippen LogP contribution in [0.15, 0.2) is 34.0 Å². The Morgan fingerprint density at radius 2 is 2.36 bits per heavy atom. The summed E-state index contributed by atoms with van der Waals surface area (Å²) in [5, 5.41) is 7.54. The van der Waals surface area contributed by atoms with E-state index in [9.17, 15) is 4.79 Å². The van der Waals surface area contributed by atoms with E-state index in [0.717, 1.165) is 24.0 Å². The number of carbonyl (C=O) groups excluding carboxylic acids is 1. The van der Waals surface area contributed by atoms with Crippen molar-refractivity contribution in [2.75, 3.05) is 0 Å².